The molecule has 0 aromatic heterocycles. The standard InChI is InChI=1S/C43H59N3O12/c1-25-21-42(5,52-9)36(26(2)33(47)27(3)37(48)54-24-43(6)35(28(4)44-22-25)45-41(51)58-43)57-40-34(56-39(50)30-18-14-11-15-19-30)32(46(7)8)20-31(55-40)23-53-38(49)29-16-12-10-13-17-29/h10-19,25-28,31-32,34-36,40,44H,20-24H2,1-9H3,(H,45,51)/t25-,26+,27?,28-,31?,32?,34?,35-,36-,40?,42-,43-/m1/s1. The Bertz CT molecular complexity index is 1750. The molecule has 2 aromatic rings. The number of methoxy groups -OCH3 is 1. The summed E-state index contributed by atoms with van der Waals surface area (Å²) < 4.78 is 43.0. The summed E-state index contributed by atoms with van der Waals surface area (Å²) in [7, 11) is 5.21. The molecular weight excluding hydrogens is 750 g/mol. The SMILES string of the molecule is CO[C@]1(C)C[C@@H](C)CN[C@H](C)[C@H]2NC(=O)O[C@]2(C)COC(=O)C(C)C(=O)[C@H](C)[C@H]1OC1OC(COC(=O)c2ccccc2)CC(N(C)C)C1OC(=O)c1ccccc1. The van der Waals surface area contributed by atoms with E-state index in [4.69, 9.17) is 33.2 Å². The van der Waals surface area contributed by atoms with Crippen molar-refractivity contribution in [3.63, 3.8) is 0 Å². The third-order valence-electron chi connectivity index (χ3n) is 11.6. The summed E-state index contributed by atoms with van der Waals surface area (Å²) in [5, 5.41) is 6.33. The lowest BCUT2D eigenvalue weighted by molar-refractivity contribution is -0.299. The van der Waals surface area contributed by atoms with Crippen LogP contribution in [0.4, 0.5) is 4.79 Å². The lowest BCUT2D eigenvalue weighted by atomic mass is 9.78. The molecule has 3 aliphatic heterocycles. The van der Waals surface area contributed by atoms with Gasteiger partial charge in [-0.2, -0.15) is 0 Å². The molecule has 0 saturated carbocycles. The van der Waals surface area contributed by atoms with Crippen LogP contribution >= 0.6 is 0 Å². The van der Waals surface area contributed by atoms with Gasteiger partial charge in [0.25, 0.3) is 0 Å². The molecule has 318 valence electrons. The van der Waals surface area contributed by atoms with E-state index < -0.39 is 89.5 Å². The summed E-state index contributed by atoms with van der Waals surface area (Å²) in [6.45, 7) is 10.6. The maximum Gasteiger partial charge on any atom is 0.408 e. The van der Waals surface area contributed by atoms with Crippen LogP contribution in [-0.4, -0.2) is 130 Å². The Kier molecular flexibility index (Phi) is 14.7. The first kappa shape index (κ1) is 44.7. The van der Waals surface area contributed by atoms with E-state index in [1.807, 2.05) is 39.8 Å². The van der Waals surface area contributed by atoms with Gasteiger partial charge < -0.3 is 48.7 Å². The van der Waals surface area contributed by atoms with Crippen molar-refractivity contribution in [1.82, 2.24) is 15.5 Å². The normalized spacial score (nSPS) is 35.0. The number of carbonyl (C=O) groups excluding carboxylic acids is 5. The predicted molar refractivity (Wildman–Crippen MR) is 211 cm³/mol. The molecule has 5 rings (SSSR count). The predicted octanol–water partition coefficient (Wildman–Crippen LogP) is 4.17. The number of nitrogens with one attached hydrogen (secondary N) is 2. The third kappa shape index (κ3) is 10.4. The molecule has 58 heavy (non-hydrogen) atoms. The van der Waals surface area contributed by atoms with E-state index in [1.165, 1.54) is 14.0 Å². The number of fused-ring (bicyclic) bond motifs is 1. The van der Waals surface area contributed by atoms with Crippen molar-refractivity contribution in [2.75, 3.05) is 41.0 Å². The van der Waals surface area contributed by atoms with Crippen LogP contribution in [-0.2, 0) is 42.7 Å². The highest BCUT2D eigenvalue weighted by atomic mass is 16.7. The molecule has 15 nitrogen and oxygen atoms in total. The Labute approximate surface area is 340 Å². The molecule has 3 fully saturated rings. The summed E-state index contributed by atoms with van der Waals surface area (Å²) >= 11 is 0. The molecule has 3 aliphatic rings. The summed E-state index contributed by atoms with van der Waals surface area (Å²) in [5.74, 6) is -4.73. The Hall–Kier alpha value is -4.41. The molecular formula is C43H59N3O12. The van der Waals surface area contributed by atoms with Gasteiger partial charge in [0.2, 0.25) is 0 Å². The van der Waals surface area contributed by atoms with Gasteiger partial charge in [-0.15, -0.1) is 0 Å². The number of cyclic esters (lactones) is 1. The largest absolute Gasteiger partial charge is 0.461 e. The van der Waals surface area contributed by atoms with Crippen LogP contribution in [0.25, 0.3) is 0 Å². The minimum absolute atomic E-state index is 0.0795. The van der Waals surface area contributed by atoms with Crippen molar-refractivity contribution in [2.24, 2.45) is 17.8 Å². The van der Waals surface area contributed by atoms with Crippen molar-refractivity contribution >= 4 is 29.8 Å². The lowest BCUT2D eigenvalue weighted by Crippen LogP contribution is -2.61. The van der Waals surface area contributed by atoms with E-state index in [-0.39, 0.29) is 25.2 Å². The maximum atomic E-state index is 14.4. The average Bonchev–Trinajstić information content (AvgIpc) is 3.53. The summed E-state index contributed by atoms with van der Waals surface area (Å²) in [4.78, 5) is 68.9. The highest BCUT2D eigenvalue weighted by molar-refractivity contribution is 6.00. The zero-order valence-electron chi connectivity index (χ0n) is 34.9. The molecule has 0 bridgehead atoms. The van der Waals surface area contributed by atoms with Gasteiger partial charge in [0, 0.05) is 19.1 Å². The number of rotatable bonds is 9. The van der Waals surface area contributed by atoms with Gasteiger partial charge in [0.05, 0.1) is 41.0 Å². The monoisotopic (exact) mass is 809 g/mol. The van der Waals surface area contributed by atoms with Gasteiger partial charge in [-0.1, -0.05) is 50.2 Å². The number of hydrogen-bond acceptors (Lipinski definition) is 14. The Morgan fingerprint density at radius 1 is 0.914 bits per heavy atom. The molecule has 1 amide bonds. The number of alkyl carbamates (subject to hydrolysis) is 1. The molecule has 2 N–H and O–H groups in total. The van der Waals surface area contributed by atoms with Crippen LogP contribution in [0.15, 0.2) is 60.7 Å². The number of hydrogen-bond donors (Lipinski definition) is 2. The quantitative estimate of drug-likeness (QED) is 0.210. The minimum atomic E-state index is -1.29. The number of esters is 3. The van der Waals surface area contributed by atoms with Crippen molar-refractivity contribution in [1.29, 1.82) is 0 Å². The van der Waals surface area contributed by atoms with Gasteiger partial charge in [0.1, 0.15) is 19.1 Å². The van der Waals surface area contributed by atoms with Gasteiger partial charge in [-0.05, 0) is 91.4 Å². The van der Waals surface area contributed by atoms with Crippen LogP contribution in [0.2, 0.25) is 0 Å². The van der Waals surface area contributed by atoms with Crippen molar-refractivity contribution in [3.8, 4) is 0 Å². The van der Waals surface area contributed by atoms with Crippen LogP contribution < -0.4 is 10.6 Å². The second kappa shape index (κ2) is 19.1. The van der Waals surface area contributed by atoms with E-state index in [1.54, 1.807) is 74.5 Å². The number of carbonyl (C=O) groups is 5. The lowest BCUT2D eigenvalue weighted by Gasteiger charge is -2.47. The highest BCUT2D eigenvalue weighted by Crippen LogP contribution is 2.37. The molecule has 0 aliphatic carbocycles. The summed E-state index contributed by atoms with van der Waals surface area (Å²) in [6.07, 6.45) is -4.05. The van der Waals surface area contributed by atoms with E-state index in [2.05, 4.69) is 10.6 Å². The number of likely N-dealkylation sites (N-methyl/N-ethyl adjacent to an activating group) is 1. The minimum Gasteiger partial charge on any atom is -0.461 e. The van der Waals surface area contributed by atoms with E-state index >= 15 is 0 Å². The average molecular weight is 810 g/mol. The van der Waals surface area contributed by atoms with Crippen molar-refractivity contribution in [2.45, 2.75) is 108 Å². The van der Waals surface area contributed by atoms with Crippen molar-refractivity contribution in [3.05, 3.63) is 71.8 Å². The molecule has 3 heterocycles. The number of benzene rings is 2. The second-order valence-corrected chi connectivity index (χ2v) is 16.5. The van der Waals surface area contributed by atoms with E-state index in [0.717, 1.165) is 0 Å². The van der Waals surface area contributed by atoms with Crippen molar-refractivity contribution < 1.29 is 57.1 Å². The first-order valence-electron chi connectivity index (χ1n) is 19.9. The summed E-state index contributed by atoms with van der Waals surface area (Å²) in [6, 6.07) is 15.8. The van der Waals surface area contributed by atoms with Crippen LogP contribution in [0, 0.1) is 17.8 Å². The summed E-state index contributed by atoms with van der Waals surface area (Å²) in [5.41, 5.74) is -1.67. The first-order chi connectivity index (χ1) is 27.5. The molecule has 15 heteroatoms. The zero-order chi connectivity index (χ0) is 42.4. The fourth-order valence-corrected chi connectivity index (χ4v) is 8.23. The number of Topliss-reactive ketones (excluding diaryl/α,β-unsaturated/α-hetero) is 1. The Morgan fingerprint density at radius 2 is 1.53 bits per heavy atom. The van der Waals surface area contributed by atoms with Crippen LogP contribution in [0.5, 0.6) is 0 Å². The van der Waals surface area contributed by atoms with E-state index in [0.29, 0.717) is 30.5 Å². The molecule has 5 unspecified atom stereocenters. The molecule has 2 aromatic carbocycles. The fourth-order valence-electron chi connectivity index (χ4n) is 8.23. The van der Waals surface area contributed by atoms with Gasteiger partial charge >= 0.3 is 24.0 Å². The number of amides is 1. The van der Waals surface area contributed by atoms with Crippen LogP contribution in [0.1, 0.15) is 75.1 Å². The number of ketones is 1. The van der Waals surface area contributed by atoms with E-state index in [9.17, 15) is 24.0 Å². The Morgan fingerprint density at radius 3 is 2.14 bits per heavy atom. The molecule has 3 saturated heterocycles. The molecule has 0 spiro atoms. The third-order valence-corrected chi connectivity index (χ3v) is 11.6. The second-order valence-electron chi connectivity index (χ2n) is 16.5. The van der Waals surface area contributed by atoms with Gasteiger partial charge in [-0.3, -0.25) is 9.59 Å². The Balaban J connectivity index is 1.50. The topological polar surface area (TPSA) is 177 Å². The first-order valence-corrected chi connectivity index (χ1v) is 19.9. The number of ether oxygens (including phenoxy) is 7. The van der Waals surface area contributed by atoms with Gasteiger partial charge in [-0.25, -0.2) is 14.4 Å². The smallest absolute Gasteiger partial charge is 0.408 e. The zero-order valence-corrected chi connectivity index (χ0v) is 34.9. The van der Waals surface area contributed by atoms with Gasteiger partial charge in [0.15, 0.2) is 23.8 Å². The molecule has 12 atom stereocenters. The molecule has 0 radical (unpaired) electrons. The fraction of sp³-hybridized carbons (Fsp3) is 0.605. The highest BCUT2D eigenvalue weighted by Gasteiger charge is 2.52. The number of nitrogens with zero attached hydrogens (tertiary/aromatic N) is 1. The van der Waals surface area contributed by atoms with Crippen LogP contribution in [0.3, 0.4) is 0 Å². The maximum absolute atomic E-state index is 14.4.